The number of benzene rings is 1. The number of hydrogen-bond acceptors (Lipinski definition) is 1. The number of phenolic OH excluding ortho intramolecular Hbond substituents is 1. The van der Waals surface area contributed by atoms with E-state index in [1.54, 1.807) is 13.8 Å². The number of phenols is 1. The van der Waals surface area contributed by atoms with Crippen LogP contribution in [0.25, 0.3) is 0 Å². The van der Waals surface area contributed by atoms with Crippen molar-refractivity contribution in [2.24, 2.45) is 0 Å². The first-order chi connectivity index (χ1) is 5.54. The molecule has 1 aromatic carbocycles. The lowest BCUT2D eigenvalue weighted by Crippen LogP contribution is -1.96. The first kappa shape index (κ1) is 8.97. The van der Waals surface area contributed by atoms with E-state index in [1.807, 2.05) is 0 Å². The molecule has 0 radical (unpaired) electrons. The zero-order chi connectivity index (χ0) is 9.30. The Morgan fingerprint density at radius 2 is 1.83 bits per heavy atom. The van der Waals surface area contributed by atoms with Gasteiger partial charge in [0, 0.05) is 5.56 Å². The van der Waals surface area contributed by atoms with Crippen LogP contribution in [0.1, 0.15) is 25.3 Å². The van der Waals surface area contributed by atoms with E-state index in [1.165, 1.54) is 0 Å². The molecule has 0 amide bonds. The lowest BCUT2D eigenvalue weighted by molar-refractivity contribution is 0.436. The summed E-state index contributed by atoms with van der Waals surface area (Å²) in [5.74, 6) is -2.29. The lowest BCUT2D eigenvalue weighted by atomic mass is 10.0. The van der Waals surface area contributed by atoms with Gasteiger partial charge in [0.25, 0.3) is 0 Å². The molecule has 0 heterocycles. The first-order valence-corrected chi connectivity index (χ1v) is 3.71. The molecule has 0 aliphatic rings. The molecule has 0 saturated carbocycles. The van der Waals surface area contributed by atoms with Gasteiger partial charge in [0.05, 0.1) is 0 Å². The monoisotopic (exact) mass is 172 g/mol. The molecule has 1 nitrogen and oxygen atoms in total. The Hall–Kier alpha value is -1.12. The largest absolute Gasteiger partial charge is 0.508 e. The molecule has 3 heteroatoms. The molecule has 0 unspecified atom stereocenters. The van der Waals surface area contributed by atoms with Crippen molar-refractivity contribution < 1.29 is 13.9 Å². The lowest BCUT2D eigenvalue weighted by Gasteiger charge is -2.09. The van der Waals surface area contributed by atoms with Crippen molar-refractivity contribution in [3.63, 3.8) is 0 Å². The van der Waals surface area contributed by atoms with Gasteiger partial charge in [-0.3, -0.25) is 0 Å². The minimum absolute atomic E-state index is 0.0370. The number of halogens is 2. The van der Waals surface area contributed by atoms with Gasteiger partial charge < -0.3 is 5.11 Å². The summed E-state index contributed by atoms with van der Waals surface area (Å²) in [5, 5.41) is 9.18. The SMILES string of the molecule is CC(C)c1c(O)ccc(F)c1F. The molecular formula is C9H10F2O. The molecule has 0 saturated heterocycles. The van der Waals surface area contributed by atoms with Gasteiger partial charge in [-0.2, -0.15) is 0 Å². The topological polar surface area (TPSA) is 20.2 Å². The minimum atomic E-state index is -0.954. The van der Waals surface area contributed by atoms with Crippen LogP contribution < -0.4 is 0 Å². The second kappa shape index (κ2) is 3.09. The standard InChI is InChI=1S/C9H10F2O/c1-5(2)8-7(12)4-3-6(10)9(8)11/h3-5,12H,1-2H3. The quantitative estimate of drug-likeness (QED) is 0.690. The van der Waals surface area contributed by atoms with Crippen LogP contribution in [0.5, 0.6) is 5.75 Å². The number of aromatic hydroxyl groups is 1. The summed E-state index contributed by atoms with van der Waals surface area (Å²) in [7, 11) is 0. The average molecular weight is 172 g/mol. The summed E-state index contributed by atoms with van der Waals surface area (Å²) in [6.45, 7) is 3.38. The third kappa shape index (κ3) is 1.40. The van der Waals surface area contributed by atoms with Gasteiger partial charge in [0.1, 0.15) is 5.75 Å². The Bertz CT molecular complexity index is 295. The highest BCUT2D eigenvalue weighted by Crippen LogP contribution is 2.29. The molecule has 0 fully saturated rings. The van der Waals surface area contributed by atoms with E-state index in [2.05, 4.69) is 0 Å². The molecule has 0 aromatic heterocycles. The highest BCUT2D eigenvalue weighted by atomic mass is 19.2. The van der Waals surface area contributed by atoms with Crippen LogP contribution >= 0.6 is 0 Å². The van der Waals surface area contributed by atoms with E-state index < -0.39 is 11.6 Å². The van der Waals surface area contributed by atoms with E-state index in [0.717, 1.165) is 12.1 Å². The molecule has 0 aliphatic heterocycles. The molecule has 0 aliphatic carbocycles. The molecule has 0 spiro atoms. The molecule has 1 aromatic rings. The van der Waals surface area contributed by atoms with Crippen LogP contribution in [0.4, 0.5) is 8.78 Å². The summed E-state index contributed by atoms with van der Waals surface area (Å²) < 4.78 is 25.6. The summed E-state index contributed by atoms with van der Waals surface area (Å²) in [6.07, 6.45) is 0. The van der Waals surface area contributed by atoms with Crippen molar-refractivity contribution in [3.8, 4) is 5.75 Å². The zero-order valence-electron chi connectivity index (χ0n) is 6.94. The second-order valence-corrected chi connectivity index (χ2v) is 2.95. The van der Waals surface area contributed by atoms with Gasteiger partial charge in [-0.05, 0) is 18.1 Å². The van der Waals surface area contributed by atoms with Gasteiger partial charge in [-0.1, -0.05) is 13.8 Å². The van der Waals surface area contributed by atoms with Gasteiger partial charge in [-0.25, -0.2) is 8.78 Å². The molecule has 66 valence electrons. The summed E-state index contributed by atoms with van der Waals surface area (Å²) >= 11 is 0. The fourth-order valence-corrected chi connectivity index (χ4v) is 1.11. The normalized spacial score (nSPS) is 10.8. The predicted octanol–water partition coefficient (Wildman–Crippen LogP) is 2.79. The fraction of sp³-hybridized carbons (Fsp3) is 0.333. The number of hydrogen-bond donors (Lipinski definition) is 1. The summed E-state index contributed by atoms with van der Waals surface area (Å²) in [4.78, 5) is 0. The summed E-state index contributed by atoms with van der Waals surface area (Å²) in [5.41, 5.74) is 0.0370. The van der Waals surface area contributed by atoms with Crippen molar-refractivity contribution in [1.29, 1.82) is 0 Å². The van der Waals surface area contributed by atoms with E-state index in [-0.39, 0.29) is 17.2 Å². The van der Waals surface area contributed by atoms with Crippen molar-refractivity contribution in [1.82, 2.24) is 0 Å². The molecule has 12 heavy (non-hydrogen) atoms. The van der Waals surface area contributed by atoms with Crippen molar-refractivity contribution in [3.05, 3.63) is 29.3 Å². The maximum Gasteiger partial charge on any atom is 0.165 e. The van der Waals surface area contributed by atoms with E-state index in [9.17, 15) is 13.9 Å². The molecular weight excluding hydrogens is 162 g/mol. The van der Waals surface area contributed by atoms with Crippen LogP contribution in [0.2, 0.25) is 0 Å². The van der Waals surface area contributed by atoms with Crippen LogP contribution in [0.15, 0.2) is 12.1 Å². The van der Waals surface area contributed by atoms with E-state index in [0.29, 0.717) is 0 Å². The van der Waals surface area contributed by atoms with Gasteiger partial charge in [0.2, 0.25) is 0 Å². The third-order valence-corrected chi connectivity index (χ3v) is 1.69. The van der Waals surface area contributed by atoms with Gasteiger partial charge >= 0.3 is 0 Å². The van der Waals surface area contributed by atoms with Crippen LogP contribution in [0.3, 0.4) is 0 Å². The molecule has 0 bridgehead atoms. The maximum atomic E-state index is 13.0. The Morgan fingerprint density at radius 3 is 2.25 bits per heavy atom. The van der Waals surface area contributed by atoms with Crippen molar-refractivity contribution in [2.45, 2.75) is 19.8 Å². The highest BCUT2D eigenvalue weighted by molar-refractivity contribution is 5.36. The maximum absolute atomic E-state index is 13.0. The van der Waals surface area contributed by atoms with Gasteiger partial charge in [-0.15, -0.1) is 0 Å². The molecule has 0 atom stereocenters. The first-order valence-electron chi connectivity index (χ1n) is 3.71. The van der Waals surface area contributed by atoms with Crippen molar-refractivity contribution in [2.75, 3.05) is 0 Å². The second-order valence-electron chi connectivity index (χ2n) is 2.95. The molecule has 1 N–H and O–H groups in total. The summed E-state index contributed by atoms with van der Waals surface area (Å²) in [6, 6.07) is 2.07. The average Bonchev–Trinajstić information content (AvgIpc) is 1.97. The minimum Gasteiger partial charge on any atom is -0.508 e. The smallest absolute Gasteiger partial charge is 0.165 e. The van der Waals surface area contributed by atoms with E-state index >= 15 is 0 Å². The van der Waals surface area contributed by atoms with E-state index in [4.69, 9.17) is 0 Å². The third-order valence-electron chi connectivity index (χ3n) is 1.69. The highest BCUT2D eigenvalue weighted by Gasteiger charge is 2.15. The fourth-order valence-electron chi connectivity index (χ4n) is 1.11. The van der Waals surface area contributed by atoms with Crippen LogP contribution in [-0.2, 0) is 0 Å². The van der Waals surface area contributed by atoms with Crippen molar-refractivity contribution >= 4 is 0 Å². The van der Waals surface area contributed by atoms with Crippen LogP contribution in [-0.4, -0.2) is 5.11 Å². The Kier molecular flexibility index (Phi) is 2.31. The zero-order valence-corrected chi connectivity index (χ0v) is 6.94. The predicted molar refractivity (Wildman–Crippen MR) is 42.1 cm³/mol. The Morgan fingerprint density at radius 1 is 1.25 bits per heavy atom. The van der Waals surface area contributed by atoms with Crippen LogP contribution in [0, 0.1) is 11.6 Å². The Labute approximate surface area is 69.7 Å². The molecule has 1 rings (SSSR count). The number of rotatable bonds is 1. The Balaban J connectivity index is 3.33. The van der Waals surface area contributed by atoms with Gasteiger partial charge in [0.15, 0.2) is 11.6 Å².